The zero-order chi connectivity index (χ0) is 17.1. The quantitative estimate of drug-likeness (QED) is 0.923. The first-order valence-corrected chi connectivity index (χ1v) is 8.80. The number of aryl methyl sites for hydroxylation is 2. The Balaban J connectivity index is 1.74. The molecule has 0 bridgehead atoms. The second-order valence-electron chi connectivity index (χ2n) is 6.90. The summed E-state index contributed by atoms with van der Waals surface area (Å²) < 4.78 is 0. The van der Waals surface area contributed by atoms with Crippen molar-refractivity contribution in [3.63, 3.8) is 0 Å². The van der Waals surface area contributed by atoms with Gasteiger partial charge >= 0.3 is 0 Å². The van der Waals surface area contributed by atoms with Crippen molar-refractivity contribution >= 4 is 23.2 Å². The summed E-state index contributed by atoms with van der Waals surface area (Å²) in [7, 11) is 0. The van der Waals surface area contributed by atoms with Crippen molar-refractivity contribution in [3.05, 3.63) is 29.3 Å². The van der Waals surface area contributed by atoms with Gasteiger partial charge in [0.15, 0.2) is 0 Å². The van der Waals surface area contributed by atoms with Crippen molar-refractivity contribution in [2.45, 2.75) is 52.4 Å². The molecular weight excluding hydrogens is 302 g/mol. The van der Waals surface area contributed by atoms with E-state index in [4.69, 9.17) is 0 Å². The maximum absolute atomic E-state index is 12.4. The van der Waals surface area contributed by atoms with Crippen molar-refractivity contribution < 1.29 is 9.59 Å². The van der Waals surface area contributed by atoms with Crippen LogP contribution in [-0.2, 0) is 9.59 Å². The summed E-state index contributed by atoms with van der Waals surface area (Å²) in [6.07, 6.45) is 5.65. The van der Waals surface area contributed by atoms with E-state index >= 15 is 0 Å². The molecule has 1 N–H and O–H groups in total. The third kappa shape index (κ3) is 3.66. The number of hydrogen-bond donors (Lipinski definition) is 1. The molecule has 1 heterocycles. The van der Waals surface area contributed by atoms with Gasteiger partial charge in [0.05, 0.1) is 5.69 Å². The van der Waals surface area contributed by atoms with Crippen molar-refractivity contribution in [2.75, 3.05) is 11.6 Å². The van der Waals surface area contributed by atoms with Gasteiger partial charge < -0.3 is 5.32 Å². The summed E-state index contributed by atoms with van der Waals surface area (Å²) in [4.78, 5) is 24.7. The van der Waals surface area contributed by atoms with E-state index in [1.54, 1.807) is 0 Å². The highest BCUT2D eigenvalue weighted by Gasteiger charge is 2.27. The Morgan fingerprint density at radius 2 is 2.00 bits per heavy atom. The van der Waals surface area contributed by atoms with E-state index in [-0.39, 0.29) is 11.8 Å². The summed E-state index contributed by atoms with van der Waals surface area (Å²) in [6, 6.07) is 5.92. The minimum Gasteiger partial charge on any atom is -0.351 e. The van der Waals surface area contributed by atoms with Crippen LogP contribution in [0, 0.1) is 19.8 Å². The van der Waals surface area contributed by atoms with Gasteiger partial charge in [-0.1, -0.05) is 25.0 Å². The largest absolute Gasteiger partial charge is 0.351 e. The van der Waals surface area contributed by atoms with Crippen LogP contribution >= 0.6 is 0 Å². The Morgan fingerprint density at radius 3 is 2.75 bits per heavy atom. The molecule has 3 rings (SSSR count). The fourth-order valence-electron chi connectivity index (χ4n) is 3.41. The first-order chi connectivity index (χ1) is 11.5. The first kappa shape index (κ1) is 16.7. The molecule has 1 saturated carbocycles. The standard InChI is InChI=1S/C19H25N3O2/c1-13-7-8-14(2)17(11-13)22-18(23)10-9-16(21-22)19(24)20-12-15-5-3-4-6-15/h7-8,11,15H,3-6,9-10,12H2,1-2H3,(H,20,24). The molecule has 0 spiro atoms. The first-order valence-electron chi connectivity index (χ1n) is 8.80. The van der Waals surface area contributed by atoms with E-state index in [1.807, 2.05) is 32.0 Å². The second-order valence-corrected chi connectivity index (χ2v) is 6.90. The van der Waals surface area contributed by atoms with Gasteiger partial charge in [-0.25, -0.2) is 5.01 Å². The number of anilines is 1. The Bertz CT molecular complexity index is 675. The Kier molecular flexibility index (Phi) is 4.97. The fraction of sp³-hybridized carbons (Fsp3) is 0.526. The second kappa shape index (κ2) is 7.16. The van der Waals surface area contributed by atoms with E-state index < -0.39 is 0 Å². The summed E-state index contributed by atoms with van der Waals surface area (Å²) in [5, 5.41) is 8.77. The minimum atomic E-state index is -0.135. The molecule has 2 aliphatic rings. The molecule has 0 saturated heterocycles. The maximum atomic E-state index is 12.4. The third-order valence-electron chi connectivity index (χ3n) is 4.91. The molecule has 5 nitrogen and oxygen atoms in total. The van der Waals surface area contributed by atoms with Crippen LogP contribution in [0.3, 0.4) is 0 Å². The zero-order valence-electron chi connectivity index (χ0n) is 14.5. The van der Waals surface area contributed by atoms with Gasteiger partial charge in [-0.15, -0.1) is 0 Å². The van der Waals surface area contributed by atoms with Crippen LogP contribution in [0.25, 0.3) is 0 Å². The van der Waals surface area contributed by atoms with Gasteiger partial charge in [0.1, 0.15) is 5.71 Å². The molecule has 2 amide bonds. The summed E-state index contributed by atoms with van der Waals surface area (Å²) in [5.74, 6) is 0.399. The molecule has 5 heteroatoms. The van der Waals surface area contributed by atoms with Crippen molar-refractivity contribution in [1.29, 1.82) is 0 Å². The lowest BCUT2D eigenvalue weighted by atomic mass is 10.1. The number of nitrogens with one attached hydrogen (secondary N) is 1. The molecular formula is C19H25N3O2. The van der Waals surface area contributed by atoms with Crippen LogP contribution in [-0.4, -0.2) is 24.1 Å². The molecule has 24 heavy (non-hydrogen) atoms. The number of hydrazone groups is 1. The van der Waals surface area contributed by atoms with Gasteiger partial charge in [0.2, 0.25) is 5.91 Å². The predicted octanol–water partition coefficient (Wildman–Crippen LogP) is 3.09. The molecule has 1 aliphatic heterocycles. The lowest BCUT2D eigenvalue weighted by Gasteiger charge is -2.25. The van der Waals surface area contributed by atoms with Crippen LogP contribution in [0.2, 0.25) is 0 Å². The molecule has 1 fully saturated rings. The van der Waals surface area contributed by atoms with Crippen LogP contribution in [0.1, 0.15) is 49.7 Å². The maximum Gasteiger partial charge on any atom is 0.267 e. The number of benzene rings is 1. The van der Waals surface area contributed by atoms with E-state index in [2.05, 4.69) is 10.4 Å². The number of carbonyl (C=O) groups is 2. The van der Waals surface area contributed by atoms with Gasteiger partial charge in [-0.2, -0.15) is 5.10 Å². The average Bonchev–Trinajstić information content (AvgIpc) is 3.09. The van der Waals surface area contributed by atoms with Gasteiger partial charge in [-0.05, 0) is 49.8 Å². The fourth-order valence-corrected chi connectivity index (χ4v) is 3.41. The van der Waals surface area contributed by atoms with Crippen LogP contribution in [0.5, 0.6) is 0 Å². The highest BCUT2D eigenvalue weighted by atomic mass is 16.2. The van der Waals surface area contributed by atoms with Gasteiger partial charge in [-0.3, -0.25) is 9.59 Å². The zero-order valence-corrected chi connectivity index (χ0v) is 14.5. The molecule has 0 unspecified atom stereocenters. The summed E-state index contributed by atoms with van der Waals surface area (Å²) >= 11 is 0. The van der Waals surface area contributed by atoms with Crippen LogP contribution in [0.15, 0.2) is 23.3 Å². The van der Waals surface area contributed by atoms with Crippen LogP contribution < -0.4 is 10.3 Å². The minimum absolute atomic E-state index is 0.0592. The molecule has 1 aliphatic carbocycles. The van der Waals surface area contributed by atoms with Crippen molar-refractivity contribution in [2.24, 2.45) is 11.0 Å². The monoisotopic (exact) mass is 327 g/mol. The molecule has 0 radical (unpaired) electrons. The van der Waals surface area contributed by atoms with E-state index in [0.29, 0.717) is 24.5 Å². The van der Waals surface area contributed by atoms with Crippen molar-refractivity contribution in [1.82, 2.24) is 5.32 Å². The average molecular weight is 327 g/mol. The normalized spacial score (nSPS) is 18.7. The highest BCUT2D eigenvalue weighted by Crippen LogP contribution is 2.26. The SMILES string of the molecule is Cc1ccc(C)c(N2N=C(C(=O)NCC3CCCC3)CCC2=O)c1. The summed E-state index contributed by atoms with van der Waals surface area (Å²) in [6.45, 7) is 4.65. The number of hydrogen-bond acceptors (Lipinski definition) is 3. The number of amides is 2. The molecule has 1 aromatic rings. The van der Waals surface area contributed by atoms with Gasteiger partial charge in [0.25, 0.3) is 5.91 Å². The number of carbonyl (C=O) groups excluding carboxylic acids is 2. The number of rotatable bonds is 4. The van der Waals surface area contributed by atoms with Gasteiger partial charge in [0, 0.05) is 19.4 Å². The van der Waals surface area contributed by atoms with E-state index in [0.717, 1.165) is 23.4 Å². The predicted molar refractivity (Wildman–Crippen MR) is 95.0 cm³/mol. The lowest BCUT2D eigenvalue weighted by molar-refractivity contribution is -0.119. The number of nitrogens with zero attached hydrogens (tertiary/aromatic N) is 2. The Hall–Kier alpha value is -2.17. The highest BCUT2D eigenvalue weighted by molar-refractivity contribution is 6.40. The third-order valence-corrected chi connectivity index (χ3v) is 4.91. The van der Waals surface area contributed by atoms with E-state index in [9.17, 15) is 9.59 Å². The van der Waals surface area contributed by atoms with Crippen LogP contribution in [0.4, 0.5) is 5.69 Å². The Morgan fingerprint density at radius 1 is 1.25 bits per heavy atom. The molecule has 128 valence electrons. The smallest absolute Gasteiger partial charge is 0.267 e. The molecule has 0 aromatic heterocycles. The van der Waals surface area contributed by atoms with E-state index in [1.165, 1.54) is 30.7 Å². The lowest BCUT2D eigenvalue weighted by Crippen LogP contribution is -2.40. The van der Waals surface area contributed by atoms with Crippen molar-refractivity contribution in [3.8, 4) is 0 Å². The Labute approximate surface area is 143 Å². The summed E-state index contributed by atoms with van der Waals surface area (Å²) in [5.41, 5.74) is 3.26. The topological polar surface area (TPSA) is 61.8 Å². The molecule has 1 aromatic carbocycles. The molecule has 0 atom stereocenters.